The summed E-state index contributed by atoms with van der Waals surface area (Å²) in [5.74, 6) is -2.51. The monoisotopic (exact) mass is 337 g/mol. The fourth-order valence-corrected chi connectivity index (χ4v) is 2.56. The van der Waals surface area contributed by atoms with Crippen molar-refractivity contribution in [2.75, 3.05) is 25.1 Å². The summed E-state index contributed by atoms with van der Waals surface area (Å²) in [4.78, 5) is 36.7. The number of halogens is 1. The van der Waals surface area contributed by atoms with E-state index in [0.29, 0.717) is 25.1 Å². The van der Waals surface area contributed by atoms with E-state index in [9.17, 15) is 18.8 Å². The molecule has 0 spiro atoms. The molecule has 7 nitrogen and oxygen atoms in total. The molecule has 2 unspecified atom stereocenters. The van der Waals surface area contributed by atoms with Crippen LogP contribution in [-0.4, -0.2) is 53.7 Å². The fourth-order valence-electron chi connectivity index (χ4n) is 2.56. The number of para-hydroxylation sites is 1. The number of aliphatic carboxylic acids is 1. The van der Waals surface area contributed by atoms with E-state index in [0.717, 1.165) is 0 Å². The van der Waals surface area contributed by atoms with Crippen LogP contribution in [0.15, 0.2) is 30.3 Å². The second kappa shape index (κ2) is 8.28. The summed E-state index contributed by atoms with van der Waals surface area (Å²) in [6.45, 7) is -0.497. The Labute approximate surface area is 138 Å². The van der Waals surface area contributed by atoms with Crippen molar-refractivity contribution in [1.29, 1.82) is 0 Å². The van der Waals surface area contributed by atoms with Crippen LogP contribution in [0.4, 0.5) is 14.9 Å². The first-order valence-corrected chi connectivity index (χ1v) is 7.71. The second-order valence-corrected chi connectivity index (χ2v) is 5.64. The number of carbonyl (C=O) groups is 3. The number of benzene rings is 1. The Balaban J connectivity index is 1.92. The Kier molecular flexibility index (Phi) is 6.11. The van der Waals surface area contributed by atoms with Crippen LogP contribution < -0.4 is 10.6 Å². The second-order valence-electron chi connectivity index (χ2n) is 5.64. The molecule has 1 aliphatic rings. The number of likely N-dealkylation sites (tertiary alicyclic amines) is 1. The van der Waals surface area contributed by atoms with Gasteiger partial charge in [0.05, 0.1) is 5.92 Å². The van der Waals surface area contributed by atoms with E-state index in [1.807, 2.05) is 6.07 Å². The number of carboxylic acids is 1. The number of hydrogen-bond acceptors (Lipinski definition) is 3. The Morgan fingerprint density at radius 3 is 2.62 bits per heavy atom. The molecule has 130 valence electrons. The summed E-state index contributed by atoms with van der Waals surface area (Å²) in [5.41, 5.74) is 0.650. The average molecular weight is 337 g/mol. The van der Waals surface area contributed by atoms with E-state index >= 15 is 0 Å². The smallest absolute Gasteiger partial charge is 0.328 e. The maximum atomic E-state index is 12.6. The van der Waals surface area contributed by atoms with E-state index in [2.05, 4.69) is 10.6 Å². The number of rotatable bonds is 5. The van der Waals surface area contributed by atoms with E-state index in [1.165, 1.54) is 4.90 Å². The lowest BCUT2D eigenvalue weighted by Crippen LogP contribution is -2.50. The number of nitrogens with one attached hydrogen (secondary N) is 2. The largest absolute Gasteiger partial charge is 0.480 e. The first kappa shape index (κ1) is 17.7. The maximum Gasteiger partial charge on any atom is 0.328 e. The number of nitrogens with zero attached hydrogens (tertiary/aromatic N) is 1. The van der Waals surface area contributed by atoms with Gasteiger partial charge in [-0.15, -0.1) is 0 Å². The molecule has 0 aromatic heterocycles. The van der Waals surface area contributed by atoms with Gasteiger partial charge in [0, 0.05) is 18.8 Å². The summed E-state index contributed by atoms with van der Waals surface area (Å²) in [5, 5.41) is 13.7. The molecule has 0 radical (unpaired) electrons. The summed E-state index contributed by atoms with van der Waals surface area (Å²) < 4.78 is 12.6. The van der Waals surface area contributed by atoms with Crippen molar-refractivity contribution in [3.8, 4) is 0 Å². The van der Waals surface area contributed by atoms with Gasteiger partial charge in [-0.3, -0.25) is 4.79 Å². The molecule has 0 aliphatic carbocycles. The van der Waals surface area contributed by atoms with Crippen LogP contribution >= 0.6 is 0 Å². The molecule has 1 fully saturated rings. The van der Waals surface area contributed by atoms with Gasteiger partial charge >= 0.3 is 12.0 Å². The molecule has 3 amide bonds. The minimum atomic E-state index is -1.55. The van der Waals surface area contributed by atoms with Crippen molar-refractivity contribution in [1.82, 2.24) is 10.2 Å². The van der Waals surface area contributed by atoms with Gasteiger partial charge in [0.2, 0.25) is 5.91 Å². The molecule has 0 bridgehead atoms. The van der Waals surface area contributed by atoms with Crippen molar-refractivity contribution in [3.05, 3.63) is 30.3 Å². The third-order valence-electron chi connectivity index (χ3n) is 3.87. The normalized spacial score (nSPS) is 18.5. The Morgan fingerprint density at radius 2 is 2.00 bits per heavy atom. The van der Waals surface area contributed by atoms with Gasteiger partial charge in [-0.05, 0) is 25.0 Å². The zero-order chi connectivity index (χ0) is 17.5. The lowest BCUT2D eigenvalue weighted by molar-refractivity contribution is -0.143. The SMILES string of the molecule is O=C(NC(CF)C(=O)O)C1CCCN(C(=O)Nc2ccccc2)C1. The zero-order valence-corrected chi connectivity index (χ0v) is 13.1. The van der Waals surface area contributed by atoms with E-state index in [-0.39, 0.29) is 12.6 Å². The van der Waals surface area contributed by atoms with Gasteiger partial charge in [0.25, 0.3) is 0 Å². The molecular weight excluding hydrogens is 317 g/mol. The minimum Gasteiger partial charge on any atom is -0.480 e. The van der Waals surface area contributed by atoms with Gasteiger partial charge < -0.3 is 20.6 Å². The molecule has 24 heavy (non-hydrogen) atoms. The van der Waals surface area contributed by atoms with Crippen molar-refractivity contribution < 1.29 is 23.9 Å². The van der Waals surface area contributed by atoms with Gasteiger partial charge in [-0.2, -0.15) is 0 Å². The number of amides is 3. The maximum absolute atomic E-state index is 12.6. The van der Waals surface area contributed by atoms with Crippen molar-refractivity contribution in [2.45, 2.75) is 18.9 Å². The van der Waals surface area contributed by atoms with Crippen LogP contribution in [0.3, 0.4) is 0 Å². The Hall–Kier alpha value is -2.64. The highest BCUT2D eigenvalue weighted by Gasteiger charge is 2.31. The molecule has 1 aliphatic heterocycles. The van der Waals surface area contributed by atoms with Crippen LogP contribution in [0.5, 0.6) is 0 Å². The standard InChI is InChI=1S/C16H20FN3O4/c17-9-13(15(22)23)19-14(21)11-5-4-8-20(10-11)16(24)18-12-6-2-1-3-7-12/h1-3,6-7,11,13H,4-5,8-10H2,(H,18,24)(H,19,21)(H,22,23). The van der Waals surface area contributed by atoms with Crippen LogP contribution in [0.2, 0.25) is 0 Å². The lowest BCUT2D eigenvalue weighted by Gasteiger charge is -2.32. The summed E-state index contributed by atoms with van der Waals surface area (Å²) in [6.07, 6.45) is 1.15. The number of piperidine rings is 1. The van der Waals surface area contributed by atoms with E-state index in [4.69, 9.17) is 5.11 Å². The molecule has 2 rings (SSSR count). The fraction of sp³-hybridized carbons (Fsp3) is 0.438. The summed E-state index contributed by atoms with van der Waals surface area (Å²) >= 11 is 0. The number of hydrogen-bond donors (Lipinski definition) is 3. The lowest BCUT2D eigenvalue weighted by atomic mass is 9.97. The average Bonchev–Trinajstić information content (AvgIpc) is 2.60. The van der Waals surface area contributed by atoms with Crippen molar-refractivity contribution in [2.24, 2.45) is 5.92 Å². The number of urea groups is 1. The van der Waals surface area contributed by atoms with Crippen LogP contribution in [0.25, 0.3) is 0 Å². The highest BCUT2D eigenvalue weighted by Crippen LogP contribution is 2.18. The molecule has 1 saturated heterocycles. The summed E-state index contributed by atoms with van der Waals surface area (Å²) in [7, 11) is 0. The van der Waals surface area contributed by atoms with Gasteiger partial charge in [-0.25, -0.2) is 14.0 Å². The molecular formula is C16H20FN3O4. The third-order valence-corrected chi connectivity index (χ3v) is 3.87. The Bertz CT molecular complexity index is 596. The predicted octanol–water partition coefficient (Wildman–Crippen LogP) is 1.47. The number of carbonyl (C=O) groups excluding carboxylic acids is 2. The van der Waals surface area contributed by atoms with Crippen LogP contribution in [0.1, 0.15) is 12.8 Å². The predicted molar refractivity (Wildman–Crippen MR) is 85.3 cm³/mol. The molecule has 1 aromatic rings. The summed E-state index contributed by atoms with van der Waals surface area (Å²) in [6, 6.07) is 7.07. The van der Waals surface area contributed by atoms with Gasteiger partial charge in [0.1, 0.15) is 6.67 Å². The highest BCUT2D eigenvalue weighted by atomic mass is 19.1. The van der Waals surface area contributed by atoms with Gasteiger partial charge in [-0.1, -0.05) is 18.2 Å². The van der Waals surface area contributed by atoms with E-state index < -0.39 is 30.5 Å². The minimum absolute atomic E-state index is 0.170. The van der Waals surface area contributed by atoms with Crippen LogP contribution in [-0.2, 0) is 9.59 Å². The number of alkyl halides is 1. The number of anilines is 1. The van der Waals surface area contributed by atoms with Crippen LogP contribution in [0, 0.1) is 5.92 Å². The Morgan fingerprint density at radius 1 is 1.29 bits per heavy atom. The van der Waals surface area contributed by atoms with Gasteiger partial charge in [0.15, 0.2) is 6.04 Å². The molecule has 1 aromatic carbocycles. The third kappa shape index (κ3) is 4.68. The zero-order valence-electron chi connectivity index (χ0n) is 13.1. The number of carboxylic acid groups (broad SMARTS) is 1. The molecule has 1 heterocycles. The first-order chi connectivity index (χ1) is 11.5. The quantitative estimate of drug-likeness (QED) is 0.758. The highest BCUT2D eigenvalue weighted by molar-refractivity contribution is 5.90. The topological polar surface area (TPSA) is 98.7 Å². The molecule has 0 saturated carbocycles. The molecule has 3 N–H and O–H groups in total. The molecule has 2 atom stereocenters. The van der Waals surface area contributed by atoms with Crippen molar-refractivity contribution >= 4 is 23.6 Å². The van der Waals surface area contributed by atoms with E-state index in [1.54, 1.807) is 24.3 Å². The van der Waals surface area contributed by atoms with Crippen molar-refractivity contribution in [3.63, 3.8) is 0 Å². The first-order valence-electron chi connectivity index (χ1n) is 7.71. The molecule has 8 heteroatoms.